The Bertz CT molecular complexity index is 1270. The first-order valence-electron chi connectivity index (χ1n) is 10.3. The van der Waals surface area contributed by atoms with E-state index in [1.807, 2.05) is 68.4 Å². The van der Waals surface area contributed by atoms with Crippen LogP contribution in [0.1, 0.15) is 21.6 Å². The van der Waals surface area contributed by atoms with Crippen LogP contribution in [0, 0.1) is 13.8 Å². The Balaban J connectivity index is 1.43. The minimum absolute atomic E-state index is 0.280. The molecule has 0 radical (unpaired) electrons. The topological polar surface area (TPSA) is 106 Å². The molecule has 4 aromatic rings. The summed E-state index contributed by atoms with van der Waals surface area (Å²) in [5, 5.41) is 13.5. The molecule has 9 nitrogen and oxygen atoms in total. The molecule has 1 amide bonds. The molecule has 3 N–H and O–H groups in total. The summed E-state index contributed by atoms with van der Waals surface area (Å²) in [5.74, 6) is 1.16. The lowest BCUT2D eigenvalue weighted by Crippen LogP contribution is -2.12. The van der Waals surface area contributed by atoms with Gasteiger partial charge in [-0.15, -0.1) is 5.10 Å². The van der Waals surface area contributed by atoms with Gasteiger partial charge in [0.25, 0.3) is 5.91 Å². The number of carbonyl (C=O) groups excluding carboxylic acids is 1. The Kier molecular flexibility index (Phi) is 6.21. The number of aromatic nitrogens is 4. The third kappa shape index (κ3) is 5.45. The Morgan fingerprint density at radius 3 is 2.24 bits per heavy atom. The van der Waals surface area contributed by atoms with E-state index in [1.54, 1.807) is 13.2 Å². The van der Waals surface area contributed by atoms with E-state index in [9.17, 15) is 4.79 Å². The maximum Gasteiger partial charge on any atom is 0.262 e. The van der Waals surface area contributed by atoms with E-state index in [0.29, 0.717) is 23.0 Å². The zero-order valence-corrected chi connectivity index (χ0v) is 18.9. The highest BCUT2D eigenvalue weighted by Gasteiger charge is 2.16. The molecule has 168 valence electrons. The minimum Gasteiger partial charge on any atom is -0.479 e. The van der Waals surface area contributed by atoms with E-state index in [0.717, 1.165) is 17.1 Å². The maximum absolute atomic E-state index is 12.5. The number of amides is 1. The first kappa shape index (κ1) is 21.8. The number of carbonyl (C=O) groups is 1. The molecule has 0 saturated heterocycles. The molecule has 4 rings (SSSR count). The fourth-order valence-corrected chi connectivity index (χ4v) is 3.21. The molecule has 9 heteroatoms. The molecular formula is C24H25N7O2. The molecule has 0 spiro atoms. The molecule has 0 aliphatic carbocycles. The summed E-state index contributed by atoms with van der Waals surface area (Å²) in [7, 11) is 3.21. The van der Waals surface area contributed by atoms with Gasteiger partial charge in [-0.2, -0.15) is 4.98 Å². The third-order valence-corrected chi connectivity index (χ3v) is 4.81. The monoisotopic (exact) mass is 443 g/mol. The average Bonchev–Trinajstić information content (AvgIpc) is 3.17. The molecule has 0 saturated carbocycles. The van der Waals surface area contributed by atoms with Gasteiger partial charge in [0.15, 0.2) is 0 Å². The molecule has 0 atom stereocenters. The minimum atomic E-state index is -0.293. The summed E-state index contributed by atoms with van der Waals surface area (Å²) in [4.78, 5) is 21.6. The van der Waals surface area contributed by atoms with Gasteiger partial charge < -0.3 is 20.7 Å². The van der Waals surface area contributed by atoms with E-state index < -0.39 is 0 Å². The molecule has 0 aliphatic rings. The van der Waals surface area contributed by atoms with Crippen LogP contribution >= 0.6 is 0 Å². The van der Waals surface area contributed by atoms with Gasteiger partial charge in [-0.25, -0.2) is 4.98 Å². The number of nitrogens with one attached hydrogen (secondary N) is 3. The first-order chi connectivity index (χ1) is 15.9. The highest BCUT2D eigenvalue weighted by atomic mass is 16.5. The number of hydrogen-bond acceptors (Lipinski definition) is 7. The number of anilines is 5. The van der Waals surface area contributed by atoms with Crippen LogP contribution in [0.2, 0.25) is 0 Å². The number of hydrogen-bond donors (Lipinski definition) is 3. The largest absolute Gasteiger partial charge is 0.479 e. The van der Waals surface area contributed by atoms with Crippen LogP contribution in [0.25, 0.3) is 0 Å². The van der Waals surface area contributed by atoms with Crippen molar-refractivity contribution in [2.75, 3.05) is 23.1 Å². The standard InChI is InChI=1S/C24H25N7O2/c1-15-5-7-19(8-6-15)28-24-25-16(2)13-21(29-24)26-17-9-11-18(12-10-17)27-22(32)20-14-31(3)30-23(20)33-4/h5-14H,1-4H3,(H,27,32)(H2,25,26,28,29). The molecule has 0 bridgehead atoms. The van der Waals surface area contributed by atoms with Crippen molar-refractivity contribution in [1.29, 1.82) is 0 Å². The number of rotatable bonds is 7. The van der Waals surface area contributed by atoms with Crippen LogP contribution in [-0.2, 0) is 7.05 Å². The molecule has 0 unspecified atom stereocenters. The van der Waals surface area contributed by atoms with Crippen molar-refractivity contribution in [3.05, 3.63) is 77.6 Å². The molecule has 0 fully saturated rings. The number of ether oxygens (including phenoxy) is 1. The Labute approximate surface area is 191 Å². The predicted octanol–water partition coefficient (Wildman–Crippen LogP) is 4.58. The first-order valence-corrected chi connectivity index (χ1v) is 10.3. The van der Waals surface area contributed by atoms with E-state index >= 15 is 0 Å². The van der Waals surface area contributed by atoms with E-state index in [-0.39, 0.29) is 11.8 Å². The lowest BCUT2D eigenvalue weighted by Gasteiger charge is -2.11. The number of benzene rings is 2. The average molecular weight is 444 g/mol. The second kappa shape index (κ2) is 9.39. The van der Waals surface area contributed by atoms with Crippen LogP contribution in [0.4, 0.5) is 28.8 Å². The van der Waals surface area contributed by atoms with Crippen molar-refractivity contribution in [3.63, 3.8) is 0 Å². The predicted molar refractivity (Wildman–Crippen MR) is 129 cm³/mol. The van der Waals surface area contributed by atoms with E-state index in [4.69, 9.17) is 4.74 Å². The third-order valence-electron chi connectivity index (χ3n) is 4.81. The van der Waals surface area contributed by atoms with E-state index in [1.165, 1.54) is 17.4 Å². The number of methoxy groups -OCH3 is 1. The van der Waals surface area contributed by atoms with Crippen molar-refractivity contribution in [2.45, 2.75) is 13.8 Å². The lowest BCUT2D eigenvalue weighted by molar-refractivity contribution is 0.102. The summed E-state index contributed by atoms with van der Waals surface area (Å²) >= 11 is 0. The SMILES string of the molecule is COc1nn(C)cc1C(=O)Nc1ccc(Nc2cc(C)nc(Nc3ccc(C)cc3)n2)cc1. The van der Waals surface area contributed by atoms with Crippen LogP contribution in [0.3, 0.4) is 0 Å². The van der Waals surface area contributed by atoms with Crippen LogP contribution in [-0.4, -0.2) is 32.8 Å². The van der Waals surface area contributed by atoms with Gasteiger partial charge in [0.2, 0.25) is 11.8 Å². The zero-order chi connectivity index (χ0) is 23.4. The van der Waals surface area contributed by atoms with Crippen LogP contribution in [0.5, 0.6) is 5.88 Å². The number of aryl methyl sites for hydroxylation is 3. The lowest BCUT2D eigenvalue weighted by atomic mass is 10.2. The second-order valence-electron chi connectivity index (χ2n) is 7.59. The molecule has 2 aromatic heterocycles. The molecule has 2 aromatic carbocycles. The Morgan fingerprint density at radius 1 is 0.909 bits per heavy atom. The van der Waals surface area contributed by atoms with Crippen LogP contribution < -0.4 is 20.7 Å². The van der Waals surface area contributed by atoms with Gasteiger partial charge in [0.1, 0.15) is 11.4 Å². The van der Waals surface area contributed by atoms with Gasteiger partial charge in [-0.1, -0.05) is 17.7 Å². The molecule has 2 heterocycles. The van der Waals surface area contributed by atoms with Crippen molar-refractivity contribution in [1.82, 2.24) is 19.7 Å². The summed E-state index contributed by atoms with van der Waals surface area (Å²) in [6, 6.07) is 17.2. The van der Waals surface area contributed by atoms with Crippen LogP contribution in [0.15, 0.2) is 60.8 Å². The quantitative estimate of drug-likeness (QED) is 0.384. The summed E-state index contributed by atoms with van der Waals surface area (Å²) in [5.41, 5.74) is 4.78. The summed E-state index contributed by atoms with van der Waals surface area (Å²) in [6.45, 7) is 3.96. The van der Waals surface area contributed by atoms with Gasteiger partial charge in [0, 0.05) is 42.1 Å². The van der Waals surface area contributed by atoms with Crippen molar-refractivity contribution in [3.8, 4) is 5.88 Å². The molecule has 33 heavy (non-hydrogen) atoms. The Morgan fingerprint density at radius 2 is 1.55 bits per heavy atom. The Hall–Kier alpha value is -4.40. The maximum atomic E-state index is 12.5. The van der Waals surface area contributed by atoms with Gasteiger partial charge in [0.05, 0.1) is 7.11 Å². The summed E-state index contributed by atoms with van der Waals surface area (Å²) in [6.07, 6.45) is 1.61. The fourth-order valence-electron chi connectivity index (χ4n) is 3.21. The second-order valence-corrected chi connectivity index (χ2v) is 7.59. The normalized spacial score (nSPS) is 10.5. The fraction of sp³-hybridized carbons (Fsp3) is 0.167. The molecule has 0 aliphatic heterocycles. The zero-order valence-electron chi connectivity index (χ0n) is 18.9. The summed E-state index contributed by atoms with van der Waals surface area (Å²) < 4.78 is 6.69. The van der Waals surface area contributed by atoms with Gasteiger partial charge in [-0.05, 0) is 50.2 Å². The highest BCUT2D eigenvalue weighted by Crippen LogP contribution is 2.22. The highest BCUT2D eigenvalue weighted by molar-refractivity contribution is 6.05. The van der Waals surface area contributed by atoms with Gasteiger partial charge >= 0.3 is 0 Å². The smallest absolute Gasteiger partial charge is 0.262 e. The van der Waals surface area contributed by atoms with Crippen molar-refractivity contribution >= 4 is 34.7 Å². The van der Waals surface area contributed by atoms with E-state index in [2.05, 4.69) is 31.0 Å². The molecular weight excluding hydrogens is 418 g/mol. The number of nitrogens with zero attached hydrogens (tertiary/aromatic N) is 4. The van der Waals surface area contributed by atoms with Gasteiger partial charge in [-0.3, -0.25) is 9.48 Å². The van der Waals surface area contributed by atoms with Crippen molar-refractivity contribution in [2.24, 2.45) is 7.05 Å². The van der Waals surface area contributed by atoms with Crippen molar-refractivity contribution < 1.29 is 9.53 Å².